The predicted octanol–water partition coefficient (Wildman–Crippen LogP) is 3.56. The van der Waals surface area contributed by atoms with Gasteiger partial charge in [-0.15, -0.1) is 11.8 Å². The molecule has 0 fully saturated rings. The normalized spacial score (nSPS) is 11.7. The standard InChI is InChI=1S/C16H22N2O2S2/c1-14-12-17-18(13-14)10-4-3-5-11-21-15-6-8-16(9-7-15)22(2,19)20/h6-9,12-13H,3-5,10-11H2,1-2H3. The van der Waals surface area contributed by atoms with Gasteiger partial charge in [0.15, 0.2) is 9.84 Å². The molecule has 0 N–H and O–H groups in total. The zero-order valence-electron chi connectivity index (χ0n) is 13.0. The van der Waals surface area contributed by atoms with Gasteiger partial charge in [0.2, 0.25) is 0 Å². The molecule has 0 bridgehead atoms. The second-order valence-corrected chi connectivity index (χ2v) is 8.62. The van der Waals surface area contributed by atoms with E-state index in [1.807, 2.05) is 23.0 Å². The van der Waals surface area contributed by atoms with Crippen molar-refractivity contribution in [2.75, 3.05) is 12.0 Å². The molecule has 0 unspecified atom stereocenters. The number of rotatable bonds is 8. The summed E-state index contributed by atoms with van der Waals surface area (Å²) in [6.07, 6.45) is 8.64. The molecule has 1 aromatic heterocycles. The number of unbranched alkanes of at least 4 members (excludes halogenated alkanes) is 2. The molecular formula is C16H22N2O2S2. The summed E-state index contributed by atoms with van der Waals surface area (Å²) in [7, 11) is -3.09. The number of hydrogen-bond acceptors (Lipinski definition) is 4. The van der Waals surface area contributed by atoms with Crippen LogP contribution in [-0.4, -0.2) is 30.2 Å². The lowest BCUT2D eigenvalue weighted by Crippen LogP contribution is -1.98. The van der Waals surface area contributed by atoms with Gasteiger partial charge in [0, 0.05) is 23.9 Å². The van der Waals surface area contributed by atoms with E-state index in [0.29, 0.717) is 4.90 Å². The summed E-state index contributed by atoms with van der Waals surface area (Å²) in [4.78, 5) is 1.50. The van der Waals surface area contributed by atoms with E-state index >= 15 is 0 Å². The van der Waals surface area contributed by atoms with E-state index in [-0.39, 0.29) is 0 Å². The van der Waals surface area contributed by atoms with E-state index in [1.54, 1.807) is 23.9 Å². The third-order valence-corrected chi connectivity index (χ3v) is 5.54. The summed E-state index contributed by atoms with van der Waals surface area (Å²) in [5.74, 6) is 1.05. The Hall–Kier alpha value is -1.27. The molecule has 1 heterocycles. The number of thioether (sulfide) groups is 1. The summed E-state index contributed by atoms with van der Waals surface area (Å²) in [6.45, 7) is 3.02. The maximum Gasteiger partial charge on any atom is 0.175 e. The van der Waals surface area contributed by atoms with Crippen LogP contribution in [0.4, 0.5) is 0 Å². The molecule has 0 amide bonds. The van der Waals surface area contributed by atoms with Crippen molar-refractivity contribution < 1.29 is 8.42 Å². The van der Waals surface area contributed by atoms with E-state index in [4.69, 9.17) is 0 Å². The second-order valence-electron chi connectivity index (χ2n) is 5.43. The van der Waals surface area contributed by atoms with Crippen LogP contribution in [0.15, 0.2) is 46.5 Å². The van der Waals surface area contributed by atoms with Gasteiger partial charge >= 0.3 is 0 Å². The van der Waals surface area contributed by atoms with Crippen molar-refractivity contribution in [2.24, 2.45) is 0 Å². The van der Waals surface area contributed by atoms with Gasteiger partial charge in [0.05, 0.1) is 11.1 Å². The number of nitrogens with zero attached hydrogens (tertiary/aromatic N) is 2. The van der Waals surface area contributed by atoms with Crippen LogP contribution in [0.3, 0.4) is 0 Å². The lowest BCUT2D eigenvalue weighted by molar-refractivity contribution is 0.554. The van der Waals surface area contributed by atoms with Crippen molar-refractivity contribution in [3.63, 3.8) is 0 Å². The Balaban J connectivity index is 1.64. The molecule has 4 nitrogen and oxygen atoms in total. The highest BCUT2D eigenvalue weighted by atomic mass is 32.2. The SMILES string of the molecule is Cc1cnn(CCCCCSc2ccc(S(C)(=O)=O)cc2)c1. The van der Waals surface area contributed by atoms with Crippen LogP contribution in [0.25, 0.3) is 0 Å². The molecule has 0 spiro atoms. The molecule has 0 radical (unpaired) electrons. The van der Waals surface area contributed by atoms with Crippen molar-refractivity contribution in [3.05, 3.63) is 42.2 Å². The van der Waals surface area contributed by atoms with E-state index in [0.717, 1.165) is 30.0 Å². The minimum atomic E-state index is -3.09. The fourth-order valence-electron chi connectivity index (χ4n) is 2.11. The zero-order valence-corrected chi connectivity index (χ0v) is 14.7. The highest BCUT2D eigenvalue weighted by Crippen LogP contribution is 2.21. The van der Waals surface area contributed by atoms with Gasteiger partial charge in [-0.05, 0) is 55.3 Å². The topological polar surface area (TPSA) is 52.0 Å². The highest BCUT2D eigenvalue weighted by Gasteiger charge is 2.06. The van der Waals surface area contributed by atoms with E-state index in [2.05, 4.69) is 18.2 Å². The smallest absolute Gasteiger partial charge is 0.175 e. The minimum absolute atomic E-state index is 0.381. The average molecular weight is 338 g/mol. The Morgan fingerprint density at radius 2 is 1.86 bits per heavy atom. The van der Waals surface area contributed by atoms with Crippen molar-refractivity contribution in [2.45, 2.75) is 42.5 Å². The Morgan fingerprint density at radius 3 is 2.45 bits per heavy atom. The fourth-order valence-corrected chi connectivity index (χ4v) is 3.66. The molecule has 0 aliphatic heterocycles. The van der Waals surface area contributed by atoms with Crippen LogP contribution in [0.5, 0.6) is 0 Å². The monoisotopic (exact) mass is 338 g/mol. The first-order valence-corrected chi connectivity index (χ1v) is 10.2. The summed E-state index contributed by atoms with van der Waals surface area (Å²) < 4.78 is 24.8. The van der Waals surface area contributed by atoms with Gasteiger partial charge in [-0.1, -0.05) is 6.42 Å². The van der Waals surface area contributed by atoms with E-state index < -0.39 is 9.84 Å². The Morgan fingerprint density at radius 1 is 1.14 bits per heavy atom. The molecule has 0 atom stereocenters. The molecule has 6 heteroatoms. The van der Waals surface area contributed by atoms with Gasteiger partial charge in [0.25, 0.3) is 0 Å². The Kier molecular flexibility index (Phi) is 6.08. The van der Waals surface area contributed by atoms with Crippen LogP contribution < -0.4 is 0 Å². The van der Waals surface area contributed by atoms with Crippen LogP contribution >= 0.6 is 11.8 Å². The number of aryl methyl sites for hydroxylation is 2. The maximum absolute atomic E-state index is 11.4. The summed E-state index contributed by atoms with van der Waals surface area (Å²) >= 11 is 1.77. The van der Waals surface area contributed by atoms with Crippen molar-refractivity contribution in [3.8, 4) is 0 Å². The number of aromatic nitrogens is 2. The maximum atomic E-state index is 11.4. The van der Waals surface area contributed by atoms with Crippen molar-refractivity contribution >= 4 is 21.6 Å². The van der Waals surface area contributed by atoms with E-state index in [1.165, 1.54) is 18.2 Å². The first-order valence-electron chi connectivity index (χ1n) is 7.37. The number of hydrogen-bond donors (Lipinski definition) is 0. The number of sulfone groups is 1. The van der Waals surface area contributed by atoms with Crippen LogP contribution in [0.2, 0.25) is 0 Å². The molecule has 0 saturated carbocycles. The zero-order chi connectivity index (χ0) is 16.0. The average Bonchev–Trinajstić information content (AvgIpc) is 2.88. The third kappa shape index (κ3) is 5.50. The lowest BCUT2D eigenvalue weighted by atomic mass is 10.2. The molecule has 1 aromatic carbocycles. The summed E-state index contributed by atoms with van der Waals surface area (Å²) in [6, 6.07) is 7.12. The molecule has 120 valence electrons. The summed E-state index contributed by atoms with van der Waals surface area (Å²) in [5, 5.41) is 4.27. The molecule has 22 heavy (non-hydrogen) atoms. The Labute approximate surface area is 136 Å². The first-order chi connectivity index (χ1) is 10.4. The van der Waals surface area contributed by atoms with Gasteiger partial charge in [-0.25, -0.2) is 8.42 Å². The second kappa shape index (κ2) is 7.83. The molecule has 0 aliphatic rings. The molecule has 2 aromatic rings. The first kappa shape index (κ1) is 17.1. The highest BCUT2D eigenvalue weighted by molar-refractivity contribution is 7.99. The molecule has 0 aliphatic carbocycles. The lowest BCUT2D eigenvalue weighted by Gasteiger charge is -2.04. The quantitative estimate of drug-likeness (QED) is 0.545. The van der Waals surface area contributed by atoms with E-state index in [9.17, 15) is 8.42 Å². The Bertz CT molecular complexity index is 691. The van der Waals surface area contributed by atoms with Gasteiger partial charge < -0.3 is 0 Å². The predicted molar refractivity (Wildman–Crippen MR) is 91.1 cm³/mol. The van der Waals surface area contributed by atoms with Crippen molar-refractivity contribution in [1.29, 1.82) is 0 Å². The van der Waals surface area contributed by atoms with Gasteiger partial charge in [-0.2, -0.15) is 5.10 Å². The van der Waals surface area contributed by atoms with Crippen LogP contribution in [0, 0.1) is 6.92 Å². The van der Waals surface area contributed by atoms with Gasteiger partial charge in [0.1, 0.15) is 0 Å². The van der Waals surface area contributed by atoms with Crippen LogP contribution in [-0.2, 0) is 16.4 Å². The van der Waals surface area contributed by atoms with Crippen molar-refractivity contribution in [1.82, 2.24) is 9.78 Å². The summed E-state index contributed by atoms with van der Waals surface area (Å²) in [5.41, 5.74) is 1.20. The number of benzene rings is 1. The van der Waals surface area contributed by atoms with Crippen LogP contribution in [0.1, 0.15) is 24.8 Å². The molecule has 2 rings (SSSR count). The fraction of sp³-hybridized carbons (Fsp3) is 0.438. The van der Waals surface area contributed by atoms with Gasteiger partial charge in [-0.3, -0.25) is 4.68 Å². The molecule has 0 saturated heterocycles. The third-order valence-electron chi connectivity index (χ3n) is 3.31. The molecular weight excluding hydrogens is 316 g/mol. The minimum Gasteiger partial charge on any atom is -0.272 e. The largest absolute Gasteiger partial charge is 0.272 e.